The highest BCUT2D eigenvalue weighted by molar-refractivity contribution is 5.98. The van der Waals surface area contributed by atoms with Crippen LogP contribution in [0.1, 0.15) is 50.0 Å². The molecule has 1 aliphatic heterocycles. The Labute approximate surface area is 203 Å². The van der Waals surface area contributed by atoms with Crippen molar-refractivity contribution in [1.29, 1.82) is 0 Å². The predicted molar refractivity (Wildman–Crippen MR) is 124 cm³/mol. The van der Waals surface area contributed by atoms with Gasteiger partial charge >= 0.3 is 11.9 Å². The summed E-state index contributed by atoms with van der Waals surface area (Å²) in [7, 11) is 1.40. The quantitative estimate of drug-likeness (QED) is 0.443. The van der Waals surface area contributed by atoms with Crippen LogP contribution in [0.5, 0.6) is 17.2 Å². The Morgan fingerprint density at radius 3 is 2.66 bits per heavy atom. The van der Waals surface area contributed by atoms with Gasteiger partial charge in [0.2, 0.25) is 6.79 Å². The first-order chi connectivity index (χ1) is 16.9. The molecule has 1 aromatic carbocycles. The van der Waals surface area contributed by atoms with E-state index in [9.17, 15) is 14.4 Å². The SMILES string of the molecule is COc1ccnc(C(=O)N[C@H]2CCCC(Oc3ccccc3)CC(C)OC2=O)c1OCOC(C)=O. The van der Waals surface area contributed by atoms with Crippen LogP contribution in [0.25, 0.3) is 0 Å². The number of nitrogens with one attached hydrogen (secondary N) is 1. The van der Waals surface area contributed by atoms with E-state index in [1.807, 2.05) is 30.3 Å². The second-order valence-electron chi connectivity index (χ2n) is 8.08. The van der Waals surface area contributed by atoms with Crippen molar-refractivity contribution in [2.24, 2.45) is 0 Å². The van der Waals surface area contributed by atoms with Gasteiger partial charge in [0.25, 0.3) is 5.91 Å². The fraction of sp³-hybridized carbons (Fsp3) is 0.440. The van der Waals surface area contributed by atoms with E-state index in [4.69, 9.17) is 23.7 Å². The van der Waals surface area contributed by atoms with Crippen LogP contribution in [0.15, 0.2) is 42.6 Å². The number of carbonyl (C=O) groups is 3. The highest BCUT2D eigenvalue weighted by Gasteiger charge is 2.30. The molecule has 0 aliphatic carbocycles. The molecule has 0 spiro atoms. The number of para-hydroxylation sites is 1. The molecule has 1 N–H and O–H groups in total. The number of pyridine rings is 1. The zero-order valence-corrected chi connectivity index (χ0v) is 20.0. The zero-order valence-electron chi connectivity index (χ0n) is 20.0. The number of ether oxygens (including phenoxy) is 5. The van der Waals surface area contributed by atoms with E-state index < -0.39 is 36.8 Å². The van der Waals surface area contributed by atoms with Gasteiger partial charge in [0.05, 0.1) is 7.11 Å². The number of carbonyl (C=O) groups excluding carboxylic acids is 3. The van der Waals surface area contributed by atoms with Gasteiger partial charge in [0.1, 0.15) is 24.0 Å². The molecule has 3 atom stereocenters. The third kappa shape index (κ3) is 7.59. The largest absolute Gasteiger partial charge is 0.493 e. The van der Waals surface area contributed by atoms with Crippen molar-refractivity contribution in [3.05, 3.63) is 48.3 Å². The molecule has 2 unspecified atom stereocenters. The summed E-state index contributed by atoms with van der Waals surface area (Å²) in [6.07, 6.45) is 3.07. The van der Waals surface area contributed by atoms with Crippen LogP contribution in [-0.2, 0) is 19.1 Å². The van der Waals surface area contributed by atoms with Crippen molar-refractivity contribution in [2.75, 3.05) is 13.9 Å². The van der Waals surface area contributed by atoms with Crippen molar-refractivity contribution in [1.82, 2.24) is 10.3 Å². The number of hydrogen-bond acceptors (Lipinski definition) is 9. The average Bonchev–Trinajstić information content (AvgIpc) is 2.88. The molecule has 1 aliphatic rings. The maximum Gasteiger partial charge on any atom is 0.328 e. The highest BCUT2D eigenvalue weighted by Crippen LogP contribution is 2.30. The summed E-state index contributed by atoms with van der Waals surface area (Å²) in [6.45, 7) is 2.61. The first-order valence-corrected chi connectivity index (χ1v) is 11.4. The molecule has 35 heavy (non-hydrogen) atoms. The molecule has 188 valence electrons. The van der Waals surface area contributed by atoms with Gasteiger partial charge in [-0.25, -0.2) is 9.78 Å². The number of nitrogens with zero attached hydrogens (tertiary/aromatic N) is 1. The topological polar surface area (TPSA) is 122 Å². The number of methoxy groups -OCH3 is 1. The van der Waals surface area contributed by atoms with Crippen molar-refractivity contribution in [2.45, 2.75) is 57.8 Å². The second-order valence-corrected chi connectivity index (χ2v) is 8.08. The van der Waals surface area contributed by atoms with Crippen molar-refractivity contribution in [3.8, 4) is 17.2 Å². The zero-order chi connectivity index (χ0) is 25.2. The Kier molecular flexibility index (Phi) is 9.28. The van der Waals surface area contributed by atoms with Crippen LogP contribution in [-0.4, -0.2) is 55.0 Å². The molecule has 3 rings (SSSR count). The van der Waals surface area contributed by atoms with Crippen LogP contribution in [0.4, 0.5) is 0 Å². The van der Waals surface area contributed by atoms with Crippen LogP contribution < -0.4 is 19.5 Å². The summed E-state index contributed by atoms with van der Waals surface area (Å²) in [5.41, 5.74) is -0.109. The monoisotopic (exact) mass is 486 g/mol. The minimum atomic E-state index is -0.880. The summed E-state index contributed by atoms with van der Waals surface area (Å²) in [5, 5.41) is 2.70. The normalized spacial score (nSPS) is 20.3. The van der Waals surface area contributed by atoms with E-state index in [0.29, 0.717) is 25.7 Å². The molecule has 1 aromatic heterocycles. The van der Waals surface area contributed by atoms with Gasteiger partial charge in [-0.1, -0.05) is 18.2 Å². The fourth-order valence-corrected chi connectivity index (χ4v) is 3.70. The van der Waals surface area contributed by atoms with E-state index in [2.05, 4.69) is 10.3 Å². The van der Waals surface area contributed by atoms with Crippen LogP contribution >= 0.6 is 0 Å². The van der Waals surface area contributed by atoms with Gasteiger partial charge in [-0.15, -0.1) is 0 Å². The number of benzene rings is 1. The van der Waals surface area contributed by atoms with E-state index in [-0.39, 0.29) is 23.3 Å². The number of amides is 1. The van der Waals surface area contributed by atoms with Gasteiger partial charge in [-0.3, -0.25) is 9.59 Å². The molecular formula is C25H30N2O8. The number of hydrogen-bond donors (Lipinski definition) is 1. The Balaban J connectivity index is 1.69. The third-order valence-electron chi connectivity index (χ3n) is 5.34. The third-order valence-corrected chi connectivity index (χ3v) is 5.34. The lowest BCUT2D eigenvalue weighted by molar-refractivity contribution is -0.151. The smallest absolute Gasteiger partial charge is 0.328 e. The van der Waals surface area contributed by atoms with E-state index in [1.54, 1.807) is 6.92 Å². The van der Waals surface area contributed by atoms with Crippen molar-refractivity contribution in [3.63, 3.8) is 0 Å². The molecule has 2 heterocycles. The summed E-state index contributed by atoms with van der Waals surface area (Å²) in [4.78, 5) is 41.0. The first kappa shape index (κ1) is 25.8. The summed E-state index contributed by atoms with van der Waals surface area (Å²) >= 11 is 0. The summed E-state index contributed by atoms with van der Waals surface area (Å²) < 4.78 is 27.1. The highest BCUT2D eigenvalue weighted by atomic mass is 16.7. The van der Waals surface area contributed by atoms with E-state index in [1.165, 1.54) is 26.3 Å². The van der Waals surface area contributed by atoms with E-state index in [0.717, 1.165) is 5.75 Å². The second kappa shape index (κ2) is 12.6. The Bertz CT molecular complexity index is 1010. The van der Waals surface area contributed by atoms with Crippen LogP contribution in [0, 0.1) is 0 Å². The average molecular weight is 487 g/mol. The lowest BCUT2D eigenvalue weighted by Crippen LogP contribution is -2.43. The molecule has 0 bridgehead atoms. The van der Waals surface area contributed by atoms with Gasteiger partial charge in [0.15, 0.2) is 17.2 Å². The van der Waals surface area contributed by atoms with Gasteiger partial charge in [-0.05, 0) is 38.3 Å². The Morgan fingerprint density at radius 2 is 1.94 bits per heavy atom. The van der Waals surface area contributed by atoms with Gasteiger partial charge in [0, 0.05) is 25.6 Å². The molecule has 1 fully saturated rings. The van der Waals surface area contributed by atoms with Crippen molar-refractivity contribution >= 4 is 17.8 Å². The molecule has 0 saturated carbocycles. The minimum absolute atomic E-state index is 0.00474. The lowest BCUT2D eigenvalue weighted by Gasteiger charge is -2.21. The molecule has 0 radical (unpaired) electrons. The molecule has 10 heteroatoms. The maximum atomic E-state index is 13.1. The Hall–Kier alpha value is -3.82. The molecule has 1 amide bonds. The van der Waals surface area contributed by atoms with Gasteiger partial charge < -0.3 is 29.0 Å². The summed E-state index contributed by atoms with van der Waals surface area (Å²) in [5.74, 6) is -0.746. The summed E-state index contributed by atoms with van der Waals surface area (Å²) in [6, 6.07) is 10.1. The van der Waals surface area contributed by atoms with Crippen LogP contribution in [0.3, 0.4) is 0 Å². The standard InChI is InChI=1S/C25H30N2O8/c1-16-14-19(35-18-8-5-4-6-9-18)10-7-11-20(25(30)34-16)27-24(29)22-23(33-15-32-17(2)28)21(31-3)12-13-26-22/h4-6,8-9,12-13,16,19-20H,7,10-11,14-15H2,1-3H3,(H,27,29)/t16?,19?,20-/m0/s1. The Morgan fingerprint density at radius 1 is 1.17 bits per heavy atom. The minimum Gasteiger partial charge on any atom is -0.493 e. The first-order valence-electron chi connectivity index (χ1n) is 11.4. The number of cyclic esters (lactones) is 1. The maximum absolute atomic E-state index is 13.1. The lowest BCUT2D eigenvalue weighted by atomic mass is 10.0. The fourth-order valence-electron chi connectivity index (χ4n) is 3.70. The number of aromatic nitrogens is 1. The molecular weight excluding hydrogens is 456 g/mol. The number of rotatable bonds is 8. The van der Waals surface area contributed by atoms with Crippen LogP contribution in [0.2, 0.25) is 0 Å². The molecule has 10 nitrogen and oxygen atoms in total. The number of esters is 2. The predicted octanol–water partition coefficient (Wildman–Crippen LogP) is 3.04. The van der Waals surface area contributed by atoms with E-state index >= 15 is 0 Å². The van der Waals surface area contributed by atoms with Gasteiger partial charge in [-0.2, -0.15) is 0 Å². The molecule has 2 aromatic rings. The molecule has 1 saturated heterocycles. The van der Waals surface area contributed by atoms with Crippen molar-refractivity contribution < 1.29 is 38.1 Å².